The molecule has 2 unspecified atom stereocenters. The molecular weight excluding hydrogens is 483 g/mol. The van der Waals surface area contributed by atoms with Crippen LogP contribution in [0.2, 0.25) is 0 Å². The van der Waals surface area contributed by atoms with Crippen molar-refractivity contribution in [3.05, 3.63) is 89.5 Å². The molecule has 1 aliphatic carbocycles. The van der Waals surface area contributed by atoms with Gasteiger partial charge in [0.1, 0.15) is 11.3 Å². The quantitative estimate of drug-likeness (QED) is 0.182. The van der Waals surface area contributed by atoms with Gasteiger partial charge in [0.25, 0.3) is 0 Å². The van der Waals surface area contributed by atoms with Crippen molar-refractivity contribution in [3.63, 3.8) is 0 Å². The molecule has 37 heavy (non-hydrogen) atoms. The van der Waals surface area contributed by atoms with Crippen LogP contribution < -0.4 is 10.6 Å². The maximum atomic E-state index is 14.3. The minimum absolute atomic E-state index is 0.277. The fourth-order valence-corrected chi connectivity index (χ4v) is 7.27. The summed E-state index contributed by atoms with van der Waals surface area (Å²) in [5.41, 5.74) is 3.45. The first kappa shape index (κ1) is 25.6. The van der Waals surface area contributed by atoms with Gasteiger partial charge in [0, 0.05) is 12.8 Å². The Bertz CT molecular complexity index is 1450. The SMILES string of the molecule is COP(=O)(O)C1(NC(C(=O)Nc2c(C)cccc2C)c2c3ccccc3cc3ccccc23)CCCC1. The third-order valence-corrected chi connectivity index (χ3v) is 9.88. The van der Waals surface area contributed by atoms with Gasteiger partial charge >= 0.3 is 7.60 Å². The van der Waals surface area contributed by atoms with Crippen molar-refractivity contribution >= 4 is 40.7 Å². The van der Waals surface area contributed by atoms with Crippen molar-refractivity contribution in [3.8, 4) is 0 Å². The summed E-state index contributed by atoms with van der Waals surface area (Å²) in [5, 5.41) is 9.22. The van der Waals surface area contributed by atoms with Gasteiger partial charge in [-0.2, -0.15) is 0 Å². The maximum absolute atomic E-state index is 14.3. The molecular formula is C30H33N2O4P. The minimum atomic E-state index is -4.08. The van der Waals surface area contributed by atoms with E-state index in [1.807, 2.05) is 80.6 Å². The van der Waals surface area contributed by atoms with E-state index < -0.39 is 18.9 Å². The average Bonchev–Trinajstić information content (AvgIpc) is 3.39. The van der Waals surface area contributed by atoms with Crippen LogP contribution in [0.25, 0.3) is 21.5 Å². The Hall–Kier alpha value is -3.02. The molecule has 5 rings (SSSR count). The number of carbonyl (C=O) groups is 1. The minimum Gasteiger partial charge on any atom is -0.324 e. The first-order valence-electron chi connectivity index (χ1n) is 12.7. The van der Waals surface area contributed by atoms with E-state index >= 15 is 0 Å². The fraction of sp³-hybridized carbons (Fsp3) is 0.300. The van der Waals surface area contributed by atoms with Crippen molar-refractivity contribution in [1.29, 1.82) is 0 Å². The number of carbonyl (C=O) groups excluding carboxylic acids is 1. The van der Waals surface area contributed by atoms with Crippen molar-refractivity contribution in [2.45, 2.75) is 50.9 Å². The molecule has 2 atom stereocenters. The van der Waals surface area contributed by atoms with E-state index in [0.29, 0.717) is 12.8 Å². The van der Waals surface area contributed by atoms with Gasteiger partial charge in [-0.05, 0) is 71.0 Å². The highest BCUT2D eigenvalue weighted by Crippen LogP contribution is 2.61. The third-order valence-electron chi connectivity index (χ3n) is 7.73. The van der Waals surface area contributed by atoms with Crippen LogP contribution in [0, 0.1) is 13.8 Å². The highest BCUT2D eigenvalue weighted by molar-refractivity contribution is 7.54. The largest absolute Gasteiger partial charge is 0.347 e. The number of para-hydroxylation sites is 1. The van der Waals surface area contributed by atoms with Gasteiger partial charge < -0.3 is 14.7 Å². The lowest BCUT2D eigenvalue weighted by Crippen LogP contribution is -2.48. The average molecular weight is 517 g/mol. The second-order valence-electron chi connectivity index (χ2n) is 10.0. The Morgan fingerprint density at radius 3 is 2.00 bits per heavy atom. The molecule has 0 saturated heterocycles. The van der Waals surface area contributed by atoms with E-state index in [0.717, 1.165) is 56.8 Å². The molecule has 0 aliphatic heterocycles. The van der Waals surface area contributed by atoms with E-state index in [9.17, 15) is 14.3 Å². The number of hydrogen-bond donors (Lipinski definition) is 3. The lowest BCUT2D eigenvalue weighted by atomic mass is 9.91. The van der Waals surface area contributed by atoms with Crippen LogP contribution in [0.15, 0.2) is 72.8 Å². The second kappa shape index (κ2) is 10.0. The Morgan fingerprint density at radius 2 is 1.46 bits per heavy atom. The summed E-state index contributed by atoms with van der Waals surface area (Å²) in [6.07, 6.45) is 2.46. The van der Waals surface area contributed by atoms with E-state index in [4.69, 9.17) is 4.52 Å². The van der Waals surface area contributed by atoms with E-state index in [-0.39, 0.29) is 5.91 Å². The molecule has 1 aliphatic rings. The zero-order chi connectivity index (χ0) is 26.2. The molecule has 1 saturated carbocycles. The molecule has 1 amide bonds. The van der Waals surface area contributed by atoms with Gasteiger partial charge in [-0.15, -0.1) is 0 Å². The molecule has 0 bridgehead atoms. The van der Waals surface area contributed by atoms with Crippen LogP contribution in [0.4, 0.5) is 5.69 Å². The summed E-state index contributed by atoms with van der Waals surface area (Å²) in [6, 6.07) is 23.0. The number of amides is 1. The summed E-state index contributed by atoms with van der Waals surface area (Å²) in [4.78, 5) is 25.3. The van der Waals surface area contributed by atoms with Crippen LogP contribution in [0.1, 0.15) is 48.4 Å². The molecule has 1 fully saturated rings. The number of benzene rings is 4. The summed E-state index contributed by atoms with van der Waals surface area (Å²) in [6.45, 7) is 3.92. The maximum Gasteiger partial charge on any atom is 0.347 e. The van der Waals surface area contributed by atoms with Crippen LogP contribution in [-0.4, -0.2) is 23.2 Å². The summed E-state index contributed by atoms with van der Waals surface area (Å²) in [7, 11) is -2.81. The van der Waals surface area contributed by atoms with Crippen LogP contribution in [0.3, 0.4) is 0 Å². The highest BCUT2D eigenvalue weighted by Gasteiger charge is 2.52. The van der Waals surface area contributed by atoms with Gasteiger partial charge in [0.15, 0.2) is 0 Å². The van der Waals surface area contributed by atoms with Gasteiger partial charge in [0.05, 0.1) is 0 Å². The first-order chi connectivity index (χ1) is 17.8. The summed E-state index contributed by atoms with van der Waals surface area (Å²) >= 11 is 0. The Morgan fingerprint density at radius 1 is 0.919 bits per heavy atom. The predicted molar refractivity (Wildman–Crippen MR) is 150 cm³/mol. The van der Waals surface area contributed by atoms with Gasteiger partial charge in [-0.1, -0.05) is 79.6 Å². The number of aryl methyl sites for hydroxylation is 2. The molecule has 0 radical (unpaired) electrons. The molecule has 4 aromatic carbocycles. The number of hydrogen-bond acceptors (Lipinski definition) is 4. The number of nitrogens with one attached hydrogen (secondary N) is 2. The first-order valence-corrected chi connectivity index (χ1v) is 14.3. The molecule has 192 valence electrons. The van der Waals surface area contributed by atoms with Crippen molar-refractivity contribution < 1.29 is 18.8 Å². The van der Waals surface area contributed by atoms with Crippen molar-refractivity contribution in [2.75, 3.05) is 12.4 Å². The van der Waals surface area contributed by atoms with Crippen LogP contribution in [0.5, 0.6) is 0 Å². The topological polar surface area (TPSA) is 87.7 Å². The Labute approximate surface area is 217 Å². The molecule has 0 spiro atoms. The lowest BCUT2D eigenvalue weighted by Gasteiger charge is -2.37. The van der Waals surface area contributed by atoms with E-state index in [1.54, 1.807) is 0 Å². The zero-order valence-corrected chi connectivity index (χ0v) is 22.3. The standard InChI is InChI=1S/C30H33N2O4P/c1-20-11-10-12-21(2)27(20)31-29(33)28(32-30(17-8-9-18-30)37(34,35)36-3)26-24-15-6-4-13-22(24)19-23-14-5-7-16-25(23)26/h4-7,10-16,19,28,32H,8-9,17-18H2,1-3H3,(H,31,33)(H,34,35). The van der Waals surface area contributed by atoms with E-state index in [2.05, 4.69) is 16.7 Å². The molecule has 6 nitrogen and oxygen atoms in total. The Balaban J connectivity index is 1.74. The molecule has 0 heterocycles. The van der Waals surface area contributed by atoms with Crippen molar-refractivity contribution in [2.24, 2.45) is 0 Å². The van der Waals surface area contributed by atoms with Crippen molar-refractivity contribution in [1.82, 2.24) is 5.32 Å². The molecule has 4 aromatic rings. The predicted octanol–water partition coefficient (Wildman–Crippen LogP) is 6.98. The van der Waals surface area contributed by atoms with Crippen LogP contribution >= 0.6 is 7.60 Å². The summed E-state index contributed by atoms with van der Waals surface area (Å²) < 4.78 is 18.6. The van der Waals surface area contributed by atoms with E-state index in [1.165, 1.54) is 7.11 Å². The lowest BCUT2D eigenvalue weighted by molar-refractivity contribution is -0.118. The van der Waals surface area contributed by atoms with Gasteiger partial charge in [-0.3, -0.25) is 14.7 Å². The number of anilines is 1. The van der Waals surface area contributed by atoms with Crippen LogP contribution in [-0.2, 0) is 13.9 Å². The zero-order valence-electron chi connectivity index (χ0n) is 21.5. The smallest absolute Gasteiger partial charge is 0.324 e. The normalized spacial score (nSPS) is 17.5. The van der Waals surface area contributed by atoms with Gasteiger partial charge in [-0.25, -0.2) is 0 Å². The molecule has 7 heteroatoms. The third kappa shape index (κ3) is 4.60. The molecule has 3 N–H and O–H groups in total. The second-order valence-corrected chi connectivity index (χ2v) is 12.3. The molecule has 0 aromatic heterocycles. The number of rotatable bonds is 7. The Kier molecular flexibility index (Phi) is 6.95. The number of fused-ring (bicyclic) bond motifs is 2. The highest BCUT2D eigenvalue weighted by atomic mass is 31.2. The monoisotopic (exact) mass is 516 g/mol. The fourth-order valence-electron chi connectivity index (χ4n) is 5.75. The summed E-state index contributed by atoms with van der Waals surface area (Å²) in [5.74, 6) is -0.277. The van der Waals surface area contributed by atoms with Gasteiger partial charge in [0.2, 0.25) is 5.91 Å².